The van der Waals surface area contributed by atoms with Gasteiger partial charge >= 0.3 is 0 Å². The Morgan fingerprint density at radius 3 is 3.06 bits per heavy atom. The molecule has 3 nitrogen and oxygen atoms in total. The molecular weight excluding hydrogens is 245 g/mol. The summed E-state index contributed by atoms with van der Waals surface area (Å²) in [5.74, 6) is -0.490. The van der Waals surface area contributed by atoms with Crippen molar-refractivity contribution in [2.24, 2.45) is 0 Å². The molecule has 1 aliphatic rings. The molecule has 0 spiro atoms. The van der Waals surface area contributed by atoms with E-state index in [0.29, 0.717) is 25.3 Å². The summed E-state index contributed by atoms with van der Waals surface area (Å²) in [5.41, 5.74) is 0.629. The molecule has 0 bridgehead atoms. The second kappa shape index (κ2) is 5.58. The fraction of sp³-hybridized carbons (Fsp3) is 0.417. The Hall–Kier alpha value is -0.970. The van der Waals surface area contributed by atoms with Gasteiger partial charge < -0.3 is 10.1 Å². The van der Waals surface area contributed by atoms with E-state index in [9.17, 15) is 9.18 Å². The lowest BCUT2D eigenvalue weighted by atomic mass is 10.0. The minimum atomic E-state index is -0.496. The lowest BCUT2D eigenvalue weighted by molar-refractivity contribution is -0.123. The normalized spacial score (nSPS) is 20.2. The lowest BCUT2D eigenvalue weighted by Gasteiger charge is -2.22. The third-order valence-corrected chi connectivity index (χ3v) is 2.98. The van der Waals surface area contributed by atoms with Crippen molar-refractivity contribution >= 4 is 17.4 Å². The Balaban J connectivity index is 1.99. The van der Waals surface area contributed by atoms with Gasteiger partial charge in [-0.2, -0.15) is 0 Å². The van der Waals surface area contributed by atoms with E-state index in [-0.39, 0.29) is 23.3 Å². The van der Waals surface area contributed by atoms with Gasteiger partial charge in [-0.15, -0.1) is 0 Å². The number of carbonyl (C=O) groups excluding carboxylic acids is 1. The highest BCUT2D eigenvalue weighted by Crippen LogP contribution is 2.16. The van der Waals surface area contributed by atoms with Crippen LogP contribution in [-0.2, 0) is 16.0 Å². The van der Waals surface area contributed by atoms with Crippen molar-refractivity contribution in [2.45, 2.75) is 12.5 Å². The molecule has 1 unspecified atom stereocenters. The predicted octanol–water partition coefficient (Wildman–Crippen LogP) is 1.58. The Labute approximate surface area is 104 Å². The van der Waals surface area contributed by atoms with Crippen LogP contribution >= 0.6 is 11.6 Å². The maximum absolute atomic E-state index is 13.2. The highest BCUT2D eigenvalue weighted by Gasteiger charge is 2.21. The number of carbonyl (C=O) groups is 1. The number of Topliss-reactive ketones (excluding diaryl/α,β-unsaturated/α-hetero) is 1. The second-order valence-corrected chi connectivity index (χ2v) is 4.38. The number of morpholine rings is 1. The van der Waals surface area contributed by atoms with Crippen LogP contribution in [0.5, 0.6) is 0 Å². The summed E-state index contributed by atoms with van der Waals surface area (Å²) < 4.78 is 18.4. The molecule has 5 heteroatoms. The van der Waals surface area contributed by atoms with Crippen molar-refractivity contribution in [1.29, 1.82) is 0 Å². The largest absolute Gasteiger partial charge is 0.378 e. The van der Waals surface area contributed by atoms with Gasteiger partial charge in [0.15, 0.2) is 5.78 Å². The first-order valence-corrected chi connectivity index (χ1v) is 5.82. The van der Waals surface area contributed by atoms with E-state index in [0.717, 1.165) is 0 Å². The van der Waals surface area contributed by atoms with Gasteiger partial charge in [-0.1, -0.05) is 17.7 Å². The van der Waals surface area contributed by atoms with Gasteiger partial charge in [-0.25, -0.2) is 4.39 Å². The number of hydrogen-bond donors (Lipinski definition) is 1. The summed E-state index contributed by atoms with van der Waals surface area (Å²) in [7, 11) is 0. The average molecular weight is 258 g/mol. The molecule has 0 aliphatic carbocycles. The molecular formula is C12H13ClFNO2. The molecule has 17 heavy (non-hydrogen) atoms. The molecule has 2 rings (SSSR count). The van der Waals surface area contributed by atoms with Crippen LogP contribution in [0.25, 0.3) is 0 Å². The predicted molar refractivity (Wildman–Crippen MR) is 62.7 cm³/mol. The molecule has 1 aromatic rings. The third kappa shape index (κ3) is 3.25. The van der Waals surface area contributed by atoms with Gasteiger partial charge in [0.2, 0.25) is 0 Å². The summed E-state index contributed by atoms with van der Waals surface area (Å²) >= 11 is 5.57. The smallest absolute Gasteiger partial charge is 0.156 e. The Morgan fingerprint density at radius 2 is 2.41 bits per heavy atom. The number of ether oxygens (including phenoxy) is 1. The van der Waals surface area contributed by atoms with Gasteiger partial charge in [0.1, 0.15) is 5.82 Å². The van der Waals surface area contributed by atoms with Gasteiger partial charge in [0, 0.05) is 13.0 Å². The Kier molecular flexibility index (Phi) is 4.10. The summed E-state index contributed by atoms with van der Waals surface area (Å²) in [5, 5.41) is 3.14. The molecule has 0 radical (unpaired) electrons. The van der Waals surface area contributed by atoms with E-state index in [1.807, 2.05) is 0 Å². The maximum Gasteiger partial charge on any atom is 0.156 e. The number of halogens is 2. The molecule has 1 aliphatic heterocycles. The van der Waals surface area contributed by atoms with Crippen LogP contribution < -0.4 is 5.32 Å². The van der Waals surface area contributed by atoms with Gasteiger partial charge in [-0.3, -0.25) is 4.79 Å². The minimum Gasteiger partial charge on any atom is -0.378 e. The quantitative estimate of drug-likeness (QED) is 0.894. The fourth-order valence-electron chi connectivity index (χ4n) is 1.75. The fourth-order valence-corrected chi connectivity index (χ4v) is 1.86. The summed E-state index contributed by atoms with van der Waals surface area (Å²) in [6, 6.07) is 4.13. The van der Waals surface area contributed by atoms with E-state index in [4.69, 9.17) is 16.3 Å². The molecule has 1 N–H and O–H groups in total. The molecule has 0 aromatic heterocycles. The summed E-state index contributed by atoms with van der Waals surface area (Å²) in [4.78, 5) is 11.9. The van der Waals surface area contributed by atoms with Gasteiger partial charge in [-0.05, 0) is 17.7 Å². The van der Waals surface area contributed by atoms with Crippen molar-refractivity contribution in [1.82, 2.24) is 5.32 Å². The van der Waals surface area contributed by atoms with Gasteiger partial charge in [0.05, 0.1) is 24.3 Å². The zero-order valence-electron chi connectivity index (χ0n) is 9.21. The molecule has 1 atom stereocenters. The molecule has 1 heterocycles. The number of nitrogens with one attached hydrogen (secondary N) is 1. The zero-order valence-corrected chi connectivity index (χ0v) is 9.97. The number of rotatable bonds is 3. The standard InChI is InChI=1S/C12H13ClFNO2/c13-9-2-1-8(5-10(9)14)6-12(16)11-7-17-4-3-15-11/h1-2,5,11,15H,3-4,6-7H2. The zero-order chi connectivity index (χ0) is 12.3. The lowest BCUT2D eigenvalue weighted by Crippen LogP contribution is -2.47. The van der Waals surface area contributed by atoms with E-state index in [2.05, 4.69) is 5.32 Å². The molecule has 0 saturated carbocycles. The van der Waals surface area contributed by atoms with E-state index >= 15 is 0 Å². The van der Waals surface area contributed by atoms with Crippen LogP contribution in [0.15, 0.2) is 18.2 Å². The summed E-state index contributed by atoms with van der Waals surface area (Å²) in [6.45, 7) is 1.68. The maximum atomic E-state index is 13.2. The van der Waals surface area contributed by atoms with Crippen LogP contribution in [0.4, 0.5) is 4.39 Å². The third-order valence-electron chi connectivity index (χ3n) is 2.67. The van der Waals surface area contributed by atoms with Crippen LogP contribution in [0, 0.1) is 5.82 Å². The van der Waals surface area contributed by atoms with Crippen LogP contribution in [0.2, 0.25) is 5.02 Å². The van der Waals surface area contributed by atoms with Crippen LogP contribution in [0.3, 0.4) is 0 Å². The van der Waals surface area contributed by atoms with Crippen molar-refractivity contribution in [3.05, 3.63) is 34.6 Å². The molecule has 0 amide bonds. The molecule has 1 saturated heterocycles. The minimum absolute atomic E-state index is 0.00595. The number of benzene rings is 1. The van der Waals surface area contributed by atoms with Crippen molar-refractivity contribution < 1.29 is 13.9 Å². The topological polar surface area (TPSA) is 38.3 Å². The molecule has 1 fully saturated rings. The van der Waals surface area contributed by atoms with Crippen LogP contribution in [0.1, 0.15) is 5.56 Å². The van der Waals surface area contributed by atoms with Crippen molar-refractivity contribution in [3.63, 3.8) is 0 Å². The highest BCUT2D eigenvalue weighted by molar-refractivity contribution is 6.30. The van der Waals surface area contributed by atoms with Crippen molar-refractivity contribution in [2.75, 3.05) is 19.8 Å². The SMILES string of the molecule is O=C(Cc1ccc(Cl)c(F)c1)C1COCCN1. The van der Waals surface area contributed by atoms with Crippen molar-refractivity contribution in [3.8, 4) is 0 Å². The Morgan fingerprint density at radius 1 is 1.59 bits per heavy atom. The monoisotopic (exact) mass is 257 g/mol. The summed E-state index contributed by atoms with van der Waals surface area (Å²) in [6.07, 6.45) is 0.190. The highest BCUT2D eigenvalue weighted by atomic mass is 35.5. The van der Waals surface area contributed by atoms with E-state index in [1.54, 1.807) is 6.07 Å². The van der Waals surface area contributed by atoms with E-state index < -0.39 is 5.82 Å². The number of hydrogen-bond acceptors (Lipinski definition) is 3. The number of ketones is 1. The second-order valence-electron chi connectivity index (χ2n) is 3.97. The molecule has 1 aromatic carbocycles. The van der Waals surface area contributed by atoms with Crippen LogP contribution in [-0.4, -0.2) is 31.6 Å². The van der Waals surface area contributed by atoms with E-state index in [1.165, 1.54) is 12.1 Å². The Bertz CT molecular complexity index is 419. The first-order valence-electron chi connectivity index (χ1n) is 5.44. The molecule has 92 valence electrons. The average Bonchev–Trinajstić information content (AvgIpc) is 2.35. The first-order chi connectivity index (χ1) is 8.16. The van der Waals surface area contributed by atoms with Gasteiger partial charge in [0.25, 0.3) is 0 Å². The first kappa shape index (κ1) is 12.5.